The number of benzene rings is 9. The molecule has 1 nitrogen and oxygen atoms in total. The normalized spacial score (nSPS) is 12.9. The van der Waals surface area contributed by atoms with E-state index in [4.69, 9.17) is 0 Å². The van der Waals surface area contributed by atoms with Crippen molar-refractivity contribution in [2.24, 2.45) is 0 Å². The van der Waals surface area contributed by atoms with E-state index in [1.807, 2.05) is 11.3 Å². The van der Waals surface area contributed by atoms with Crippen molar-refractivity contribution < 1.29 is 0 Å². The summed E-state index contributed by atoms with van der Waals surface area (Å²) < 4.78 is 2.60. The van der Waals surface area contributed by atoms with Crippen molar-refractivity contribution >= 4 is 59.3 Å². The largest absolute Gasteiger partial charge is 0.310 e. The van der Waals surface area contributed by atoms with E-state index in [2.05, 4.69) is 219 Å². The lowest BCUT2D eigenvalue weighted by Gasteiger charge is -2.27. The van der Waals surface area contributed by atoms with Crippen LogP contribution in [-0.4, -0.2) is 0 Å². The molecule has 0 radical (unpaired) electrons. The zero-order chi connectivity index (χ0) is 38.1. The lowest BCUT2D eigenvalue weighted by molar-refractivity contribution is 0.662. The second kappa shape index (κ2) is 13.2. The first kappa shape index (κ1) is 33.6. The highest BCUT2D eigenvalue weighted by Gasteiger charge is 2.37. The molecule has 0 atom stereocenters. The molecule has 270 valence electrons. The van der Waals surface area contributed by atoms with Crippen LogP contribution in [0.3, 0.4) is 0 Å². The van der Waals surface area contributed by atoms with Gasteiger partial charge in [-0.3, -0.25) is 0 Å². The second-order valence-electron chi connectivity index (χ2n) is 15.7. The molecule has 1 aliphatic rings. The molecule has 0 amide bonds. The summed E-state index contributed by atoms with van der Waals surface area (Å²) in [5.74, 6) is 0. The van der Waals surface area contributed by atoms with Gasteiger partial charge in [0.15, 0.2) is 0 Å². The Kier molecular flexibility index (Phi) is 7.77. The Morgan fingerprint density at radius 2 is 0.965 bits per heavy atom. The Hall–Kier alpha value is -6.74. The highest BCUT2D eigenvalue weighted by molar-refractivity contribution is 7.25. The first-order chi connectivity index (χ1) is 28.0. The van der Waals surface area contributed by atoms with Gasteiger partial charge >= 0.3 is 0 Å². The fourth-order valence-electron chi connectivity index (χ4n) is 9.35. The van der Waals surface area contributed by atoms with Crippen molar-refractivity contribution in [3.8, 4) is 44.5 Å². The minimum atomic E-state index is -0.0851. The van der Waals surface area contributed by atoms with E-state index < -0.39 is 0 Å². The molecular weight excluding hydrogens is 707 g/mol. The van der Waals surface area contributed by atoms with Gasteiger partial charge in [0, 0.05) is 42.6 Å². The van der Waals surface area contributed by atoms with Crippen LogP contribution in [0.1, 0.15) is 25.0 Å². The van der Waals surface area contributed by atoms with Gasteiger partial charge in [0.2, 0.25) is 0 Å². The van der Waals surface area contributed by atoms with Crippen molar-refractivity contribution in [3.05, 3.63) is 211 Å². The van der Waals surface area contributed by atoms with Gasteiger partial charge in [0.25, 0.3) is 0 Å². The maximum atomic E-state index is 2.42. The number of fused-ring (bicyclic) bond motifs is 7. The van der Waals surface area contributed by atoms with Gasteiger partial charge in [-0.2, -0.15) is 0 Å². The van der Waals surface area contributed by atoms with Gasteiger partial charge in [-0.1, -0.05) is 166 Å². The average molecular weight is 746 g/mol. The van der Waals surface area contributed by atoms with Crippen LogP contribution >= 0.6 is 11.3 Å². The van der Waals surface area contributed by atoms with Crippen molar-refractivity contribution in [1.82, 2.24) is 0 Å². The topological polar surface area (TPSA) is 3.24 Å². The predicted molar refractivity (Wildman–Crippen MR) is 245 cm³/mol. The molecule has 1 heterocycles. The fraction of sp³-hybridized carbons (Fsp3) is 0.0545. The fourth-order valence-corrected chi connectivity index (χ4v) is 10.5. The van der Waals surface area contributed by atoms with Crippen LogP contribution in [0.15, 0.2) is 200 Å². The molecule has 11 rings (SSSR count). The molecule has 0 bridgehead atoms. The lowest BCUT2D eigenvalue weighted by atomic mass is 9.79. The Morgan fingerprint density at radius 3 is 1.86 bits per heavy atom. The molecule has 2 heteroatoms. The number of anilines is 3. The van der Waals surface area contributed by atoms with Gasteiger partial charge in [-0.25, -0.2) is 0 Å². The summed E-state index contributed by atoms with van der Waals surface area (Å²) in [4.78, 5) is 2.42. The zero-order valence-corrected chi connectivity index (χ0v) is 32.7. The third kappa shape index (κ3) is 5.51. The van der Waals surface area contributed by atoms with E-state index in [1.165, 1.54) is 86.6 Å². The van der Waals surface area contributed by atoms with Crippen LogP contribution in [-0.2, 0) is 5.41 Å². The molecule has 0 N–H and O–H groups in total. The highest BCUT2D eigenvalue weighted by Crippen LogP contribution is 2.52. The van der Waals surface area contributed by atoms with Gasteiger partial charge in [-0.05, 0) is 115 Å². The monoisotopic (exact) mass is 745 g/mol. The van der Waals surface area contributed by atoms with Crippen LogP contribution in [0.25, 0.3) is 75.5 Å². The van der Waals surface area contributed by atoms with E-state index in [9.17, 15) is 0 Å². The molecule has 0 spiro atoms. The molecule has 57 heavy (non-hydrogen) atoms. The summed E-state index contributed by atoms with van der Waals surface area (Å²) in [5.41, 5.74) is 16.2. The molecular formula is C55H39NS. The standard InChI is InChI=1S/C55H39NS/c1-55(2)51-25-7-5-20-47(51)50-24-12-23-46(54(50)55)37-27-29-41(30-28-37)56(43-31-32-49-48-21-6-8-26-52(48)57-53(49)35-43)42-18-10-16-39(34-42)38-15-9-17-40(33-38)45-22-11-14-36-13-3-4-19-44(36)45/h3-35H,1-2H3. The van der Waals surface area contributed by atoms with Crippen LogP contribution in [0.5, 0.6) is 0 Å². The molecule has 9 aromatic carbocycles. The molecule has 0 aliphatic heterocycles. The van der Waals surface area contributed by atoms with Crippen molar-refractivity contribution in [3.63, 3.8) is 0 Å². The van der Waals surface area contributed by atoms with E-state index in [1.54, 1.807) is 0 Å². The van der Waals surface area contributed by atoms with Crippen LogP contribution in [0.4, 0.5) is 17.1 Å². The Morgan fingerprint density at radius 1 is 0.368 bits per heavy atom. The van der Waals surface area contributed by atoms with Gasteiger partial charge in [0.1, 0.15) is 0 Å². The van der Waals surface area contributed by atoms with E-state index in [0.717, 1.165) is 17.1 Å². The predicted octanol–water partition coefficient (Wildman–Crippen LogP) is 16.0. The zero-order valence-electron chi connectivity index (χ0n) is 31.9. The smallest absolute Gasteiger partial charge is 0.0476 e. The maximum Gasteiger partial charge on any atom is 0.0476 e. The first-order valence-electron chi connectivity index (χ1n) is 19.8. The number of hydrogen-bond donors (Lipinski definition) is 0. The van der Waals surface area contributed by atoms with Gasteiger partial charge in [0.05, 0.1) is 0 Å². The first-order valence-corrected chi connectivity index (χ1v) is 20.6. The summed E-state index contributed by atoms with van der Waals surface area (Å²) >= 11 is 1.86. The number of rotatable bonds is 6. The Bertz CT molecular complexity index is 3160. The Labute approximate surface area is 337 Å². The van der Waals surface area contributed by atoms with E-state index in [-0.39, 0.29) is 5.41 Å². The van der Waals surface area contributed by atoms with Crippen molar-refractivity contribution in [1.29, 1.82) is 0 Å². The van der Waals surface area contributed by atoms with Crippen molar-refractivity contribution in [2.75, 3.05) is 4.90 Å². The van der Waals surface area contributed by atoms with Gasteiger partial charge in [-0.15, -0.1) is 11.3 Å². The molecule has 10 aromatic rings. The van der Waals surface area contributed by atoms with Crippen LogP contribution in [0.2, 0.25) is 0 Å². The third-order valence-corrected chi connectivity index (χ3v) is 13.2. The SMILES string of the molecule is CC1(C)c2ccccc2-c2cccc(-c3ccc(N(c4cccc(-c5cccc(-c6cccc7ccccc67)c5)c4)c4ccc5c(c4)sc4ccccc45)cc3)c21. The number of hydrogen-bond acceptors (Lipinski definition) is 2. The summed E-state index contributed by atoms with van der Waals surface area (Å²) in [6.45, 7) is 4.73. The van der Waals surface area contributed by atoms with E-state index in [0.29, 0.717) is 0 Å². The molecule has 0 saturated heterocycles. The minimum absolute atomic E-state index is 0.0851. The van der Waals surface area contributed by atoms with E-state index >= 15 is 0 Å². The average Bonchev–Trinajstić information content (AvgIpc) is 3.75. The summed E-state index contributed by atoms with van der Waals surface area (Å²) in [6, 6.07) is 73.8. The molecule has 1 aliphatic carbocycles. The highest BCUT2D eigenvalue weighted by atomic mass is 32.1. The molecule has 0 saturated carbocycles. The molecule has 0 unspecified atom stereocenters. The van der Waals surface area contributed by atoms with Gasteiger partial charge < -0.3 is 4.90 Å². The number of thiophene rings is 1. The molecule has 0 fully saturated rings. The lowest BCUT2D eigenvalue weighted by Crippen LogP contribution is -2.16. The second-order valence-corrected chi connectivity index (χ2v) is 16.8. The summed E-state index contributed by atoms with van der Waals surface area (Å²) in [5, 5.41) is 5.14. The molecule has 1 aromatic heterocycles. The quantitative estimate of drug-likeness (QED) is 0.164. The third-order valence-electron chi connectivity index (χ3n) is 12.0. The Balaban J connectivity index is 1.03. The minimum Gasteiger partial charge on any atom is -0.310 e. The summed E-state index contributed by atoms with van der Waals surface area (Å²) in [6.07, 6.45) is 0. The summed E-state index contributed by atoms with van der Waals surface area (Å²) in [7, 11) is 0. The van der Waals surface area contributed by atoms with Crippen LogP contribution in [0, 0.1) is 0 Å². The van der Waals surface area contributed by atoms with Crippen molar-refractivity contribution in [2.45, 2.75) is 19.3 Å². The maximum absolute atomic E-state index is 2.42. The number of nitrogens with zero attached hydrogens (tertiary/aromatic N) is 1. The van der Waals surface area contributed by atoms with Crippen LogP contribution < -0.4 is 4.90 Å².